The third-order valence-electron chi connectivity index (χ3n) is 3.02. The van der Waals surface area contributed by atoms with E-state index in [9.17, 15) is 0 Å². The van der Waals surface area contributed by atoms with Crippen LogP contribution in [0.15, 0.2) is 6.07 Å². The molecule has 0 saturated heterocycles. The Kier molecular flexibility index (Phi) is 6.08. The Morgan fingerprint density at radius 3 is 2.53 bits per heavy atom. The Balaban J connectivity index is 2.33. The zero-order chi connectivity index (χ0) is 12.7. The van der Waals surface area contributed by atoms with E-state index in [2.05, 4.69) is 40.3 Å². The zero-order valence-corrected chi connectivity index (χ0v) is 11.5. The Morgan fingerprint density at radius 2 is 1.88 bits per heavy atom. The van der Waals surface area contributed by atoms with Crippen LogP contribution in [0.3, 0.4) is 0 Å². The van der Waals surface area contributed by atoms with Gasteiger partial charge in [-0.2, -0.15) is 10.2 Å². The van der Waals surface area contributed by atoms with Crippen LogP contribution in [0.2, 0.25) is 0 Å². The Labute approximate surface area is 104 Å². The minimum absolute atomic E-state index is 0.878. The number of nitrogens with zero attached hydrogens (tertiary/aromatic N) is 3. The maximum absolute atomic E-state index is 4.12. The normalized spacial score (nSPS) is 11.1. The standard InChI is InChI=1S/C13H24N4/c1-5-17(6-2)8-7-14-10-13-9-11(3)15-16-12(13)4/h9,14H,5-8,10H2,1-4H3. The third-order valence-corrected chi connectivity index (χ3v) is 3.02. The molecule has 96 valence electrons. The van der Waals surface area contributed by atoms with Gasteiger partial charge in [-0.1, -0.05) is 13.8 Å². The van der Waals surface area contributed by atoms with Gasteiger partial charge in [-0.25, -0.2) is 0 Å². The number of rotatable bonds is 7. The second-order valence-corrected chi connectivity index (χ2v) is 4.30. The summed E-state index contributed by atoms with van der Waals surface area (Å²) in [5.74, 6) is 0. The van der Waals surface area contributed by atoms with Crippen molar-refractivity contribution in [2.24, 2.45) is 0 Å². The number of hydrogen-bond donors (Lipinski definition) is 1. The van der Waals surface area contributed by atoms with Crippen molar-refractivity contribution >= 4 is 0 Å². The van der Waals surface area contributed by atoms with Crippen molar-refractivity contribution in [1.82, 2.24) is 20.4 Å². The first-order valence-corrected chi connectivity index (χ1v) is 6.40. The summed E-state index contributed by atoms with van der Waals surface area (Å²) in [6.07, 6.45) is 0. The first kappa shape index (κ1) is 14.1. The molecule has 0 amide bonds. The second kappa shape index (κ2) is 7.35. The molecule has 4 heteroatoms. The fraction of sp³-hybridized carbons (Fsp3) is 0.692. The monoisotopic (exact) mass is 236 g/mol. The predicted octanol–water partition coefficient (Wildman–Crippen LogP) is 1.52. The lowest BCUT2D eigenvalue weighted by atomic mass is 10.2. The number of aryl methyl sites for hydroxylation is 2. The highest BCUT2D eigenvalue weighted by atomic mass is 15.1. The average Bonchev–Trinajstić information content (AvgIpc) is 2.33. The molecule has 0 aromatic carbocycles. The van der Waals surface area contributed by atoms with E-state index >= 15 is 0 Å². The summed E-state index contributed by atoms with van der Waals surface area (Å²) in [6, 6.07) is 2.10. The molecule has 1 N–H and O–H groups in total. The summed E-state index contributed by atoms with van der Waals surface area (Å²) in [4.78, 5) is 2.41. The summed E-state index contributed by atoms with van der Waals surface area (Å²) in [6.45, 7) is 13.6. The molecule has 1 aromatic rings. The molecule has 0 aliphatic carbocycles. The quantitative estimate of drug-likeness (QED) is 0.729. The first-order valence-electron chi connectivity index (χ1n) is 6.40. The fourth-order valence-corrected chi connectivity index (χ4v) is 1.78. The van der Waals surface area contributed by atoms with E-state index in [1.807, 2.05) is 13.8 Å². The van der Waals surface area contributed by atoms with E-state index < -0.39 is 0 Å². The molecule has 0 spiro atoms. The molecule has 0 fully saturated rings. The average molecular weight is 236 g/mol. The van der Waals surface area contributed by atoms with Gasteiger partial charge in [0.05, 0.1) is 11.4 Å². The zero-order valence-electron chi connectivity index (χ0n) is 11.5. The smallest absolute Gasteiger partial charge is 0.0645 e. The van der Waals surface area contributed by atoms with Crippen molar-refractivity contribution in [3.05, 3.63) is 23.0 Å². The number of aromatic nitrogens is 2. The highest BCUT2D eigenvalue weighted by Gasteiger charge is 2.02. The molecular formula is C13H24N4. The first-order chi connectivity index (χ1) is 8.17. The summed E-state index contributed by atoms with van der Waals surface area (Å²) < 4.78 is 0. The van der Waals surface area contributed by atoms with Crippen molar-refractivity contribution in [3.63, 3.8) is 0 Å². The molecule has 1 aromatic heterocycles. The van der Waals surface area contributed by atoms with Gasteiger partial charge in [0.2, 0.25) is 0 Å². The summed E-state index contributed by atoms with van der Waals surface area (Å²) in [5, 5.41) is 11.6. The molecule has 0 bridgehead atoms. The molecule has 0 saturated carbocycles. The molecular weight excluding hydrogens is 212 g/mol. The van der Waals surface area contributed by atoms with Crippen LogP contribution in [0.25, 0.3) is 0 Å². The third kappa shape index (κ3) is 4.79. The van der Waals surface area contributed by atoms with Crippen LogP contribution in [-0.2, 0) is 6.54 Å². The lowest BCUT2D eigenvalue weighted by Gasteiger charge is -2.18. The van der Waals surface area contributed by atoms with Crippen LogP contribution < -0.4 is 5.32 Å². The molecule has 0 aliphatic rings. The van der Waals surface area contributed by atoms with Gasteiger partial charge in [0.25, 0.3) is 0 Å². The lowest BCUT2D eigenvalue weighted by molar-refractivity contribution is 0.302. The van der Waals surface area contributed by atoms with Crippen LogP contribution in [-0.4, -0.2) is 41.3 Å². The van der Waals surface area contributed by atoms with Crippen LogP contribution in [0.5, 0.6) is 0 Å². The lowest BCUT2D eigenvalue weighted by Crippen LogP contribution is -2.31. The molecule has 0 radical (unpaired) electrons. The van der Waals surface area contributed by atoms with E-state index in [4.69, 9.17) is 0 Å². The Morgan fingerprint density at radius 1 is 1.18 bits per heavy atom. The van der Waals surface area contributed by atoms with Gasteiger partial charge in [-0.05, 0) is 38.6 Å². The van der Waals surface area contributed by atoms with Crippen molar-refractivity contribution in [2.75, 3.05) is 26.2 Å². The molecule has 1 rings (SSSR count). The van der Waals surface area contributed by atoms with Crippen molar-refractivity contribution in [3.8, 4) is 0 Å². The maximum Gasteiger partial charge on any atom is 0.0645 e. The van der Waals surface area contributed by atoms with E-state index in [-0.39, 0.29) is 0 Å². The number of nitrogens with one attached hydrogen (secondary N) is 1. The molecule has 0 atom stereocenters. The van der Waals surface area contributed by atoms with Gasteiger partial charge >= 0.3 is 0 Å². The van der Waals surface area contributed by atoms with E-state index in [1.54, 1.807) is 0 Å². The van der Waals surface area contributed by atoms with Crippen molar-refractivity contribution < 1.29 is 0 Å². The number of hydrogen-bond acceptors (Lipinski definition) is 4. The number of likely N-dealkylation sites (N-methyl/N-ethyl adjacent to an activating group) is 1. The van der Waals surface area contributed by atoms with Crippen LogP contribution in [0.4, 0.5) is 0 Å². The molecule has 4 nitrogen and oxygen atoms in total. The van der Waals surface area contributed by atoms with Gasteiger partial charge < -0.3 is 10.2 Å². The highest BCUT2D eigenvalue weighted by Crippen LogP contribution is 2.04. The minimum Gasteiger partial charge on any atom is -0.311 e. The van der Waals surface area contributed by atoms with E-state index in [1.165, 1.54) is 5.56 Å². The molecule has 1 heterocycles. The van der Waals surface area contributed by atoms with Crippen molar-refractivity contribution in [1.29, 1.82) is 0 Å². The summed E-state index contributed by atoms with van der Waals surface area (Å²) >= 11 is 0. The van der Waals surface area contributed by atoms with Crippen molar-refractivity contribution in [2.45, 2.75) is 34.2 Å². The van der Waals surface area contributed by atoms with Gasteiger partial charge in [-0.3, -0.25) is 0 Å². The van der Waals surface area contributed by atoms with Crippen LogP contribution in [0, 0.1) is 13.8 Å². The van der Waals surface area contributed by atoms with Crippen LogP contribution >= 0.6 is 0 Å². The van der Waals surface area contributed by atoms with E-state index in [0.29, 0.717) is 0 Å². The molecule has 0 aliphatic heterocycles. The fourth-order valence-electron chi connectivity index (χ4n) is 1.78. The maximum atomic E-state index is 4.12. The van der Waals surface area contributed by atoms with Gasteiger partial charge in [0, 0.05) is 19.6 Å². The van der Waals surface area contributed by atoms with Crippen LogP contribution in [0.1, 0.15) is 30.8 Å². The van der Waals surface area contributed by atoms with Gasteiger partial charge in [0.15, 0.2) is 0 Å². The SMILES string of the molecule is CCN(CC)CCNCc1cc(C)nnc1C. The largest absolute Gasteiger partial charge is 0.311 e. The Hall–Kier alpha value is -1.00. The predicted molar refractivity (Wildman–Crippen MR) is 71.0 cm³/mol. The summed E-state index contributed by atoms with van der Waals surface area (Å²) in [7, 11) is 0. The summed E-state index contributed by atoms with van der Waals surface area (Å²) in [5.41, 5.74) is 3.25. The highest BCUT2D eigenvalue weighted by molar-refractivity contribution is 5.19. The van der Waals surface area contributed by atoms with Gasteiger partial charge in [0.1, 0.15) is 0 Å². The second-order valence-electron chi connectivity index (χ2n) is 4.30. The Bertz CT molecular complexity index is 334. The molecule has 0 unspecified atom stereocenters. The van der Waals surface area contributed by atoms with E-state index in [0.717, 1.165) is 44.1 Å². The topological polar surface area (TPSA) is 41.0 Å². The minimum atomic E-state index is 0.878. The van der Waals surface area contributed by atoms with Gasteiger partial charge in [-0.15, -0.1) is 0 Å². The molecule has 17 heavy (non-hydrogen) atoms.